The molecule has 0 aromatic carbocycles. The minimum Gasteiger partial charge on any atom is -0.466 e. The molecular formula is C11H16O2. The van der Waals surface area contributed by atoms with Crippen molar-refractivity contribution in [3.63, 3.8) is 0 Å². The molecule has 0 spiro atoms. The summed E-state index contributed by atoms with van der Waals surface area (Å²) in [5, 5.41) is 0. The molecule has 2 nitrogen and oxygen atoms in total. The van der Waals surface area contributed by atoms with E-state index in [1.54, 1.807) is 0 Å². The van der Waals surface area contributed by atoms with Crippen molar-refractivity contribution >= 4 is 5.97 Å². The maximum atomic E-state index is 11.3. The molecule has 2 aliphatic carbocycles. The summed E-state index contributed by atoms with van der Waals surface area (Å²) in [6, 6.07) is 0. The van der Waals surface area contributed by atoms with Gasteiger partial charge in [-0.25, -0.2) is 4.79 Å². The van der Waals surface area contributed by atoms with Crippen molar-refractivity contribution in [2.45, 2.75) is 32.1 Å². The van der Waals surface area contributed by atoms with Crippen molar-refractivity contribution in [1.29, 1.82) is 0 Å². The largest absolute Gasteiger partial charge is 0.466 e. The van der Waals surface area contributed by atoms with Crippen LogP contribution in [0, 0.1) is 11.3 Å². The number of esters is 1. The van der Waals surface area contributed by atoms with E-state index in [1.165, 1.54) is 32.8 Å². The lowest BCUT2D eigenvalue weighted by Crippen LogP contribution is -2.19. The van der Waals surface area contributed by atoms with E-state index in [-0.39, 0.29) is 11.4 Å². The highest BCUT2D eigenvalue weighted by Gasteiger charge is 2.58. The van der Waals surface area contributed by atoms with Crippen molar-refractivity contribution in [3.05, 3.63) is 12.2 Å². The molecule has 0 heterocycles. The monoisotopic (exact) mass is 180 g/mol. The molecule has 0 aromatic rings. The number of fused-ring (bicyclic) bond motifs is 1. The van der Waals surface area contributed by atoms with Crippen LogP contribution in [-0.2, 0) is 9.53 Å². The highest BCUT2D eigenvalue weighted by Crippen LogP contribution is 2.65. The normalized spacial score (nSPS) is 36.2. The molecule has 0 saturated heterocycles. The van der Waals surface area contributed by atoms with Gasteiger partial charge < -0.3 is 4.74 Å². The second-order valence-electron chi connectivity index (χ2n) is 4.27. The van der Waals surface area contributed by atoms with Crippen LogP contribution in [0.4, 0.5) is 0 Å². The predicted octanol–water partition coefficient (Wildman–Crippen LogP) is 2.30. The summed E-state index contributed by atoms with van der Waals surface area (Å²) < 4.78 is 4.72. The Morgan fingerprint density at radius 2 is 2.31 bits per heavy atom. The van der Waals surface area contributed by atoms with E-state index >= 15 is 0 Å². The van der Waals surface area contributed by atoms with Crippen molar-refractivity contribution in [1.82, 2.24) is 0 Å². The van der Waals surface area contributed by atoms with Gasteiger partial charge in [-0.05, 0) is 25.2 Å². The first kappa shape index (κ1) is 8.79. The van der Waals surface area contributed by atoms with Crippen molar-refractivity contribution in [2.75, 3.05) is 7.11 Å². The van der Waals surface area contributed by atoms with Crippen LogP contribution in [0.5, 0.6) is 0 Å². The minimum absolute atomic E-state index is 0.158. The van der Waals surface area contributed by atoms with Crippen molar-refractivity contribution < 1.29 is 9.53 Å². The molecule has 0 N–H and O–H groups in total. The summed E-state index contributed by atoms with van der Waals surface area (Å²) in [7, 11) is 1.43. The quantitative estimate of drug-likeness (QED) is 0.481. The van der Waals surface area contributed by atoms with Gasteiger partial charge in [0.05, 0.1) is 7.11 Å². The van der Waals surface area contributed by atoms with Gasteiger partial charge in [-0.15, -0.1) is 0 Å². The number of hydrogen-bond acceptors (Lipinski definition) is 2. The average Bonchev–Trinajstić information content (AvgIpc) is 2.90. The third-order valence-corrected chi connectivity index (χ3v) is 3.69. The molecule has 2 saturated carbocycles. The Morgan fingerprint density at radius 1 is 1.54 bits per heavy atom. The number of rotatable bonds is 2. The van der Waals surface area contributed by atoms with E-state index in [9.17, 15) is 4.79 Å². The Labute approximate surface area is 79.0 Å². The lowest BCUT2D eigenvalue weighted by molar-refractivity contribution is -0.137. The number of ether oxygens (including phenoxy) is 1. The first-order valence-electron chi connectivity index (χ1n) is 4.98. The molecule has 0 aliphatic heterocycles. The van der Waals surface area contributed by atoms with Gasteiger partial charge in [-0.3, -0.25) is 0 Å². The van der Waals surface area contributed by atoms with E-state index in [0.29, 0.717) is 0 Å². The molecule has 2 unspecified atom stereocenters. The molecule has 2 aliphatic rings. The van der Waals surface area contributed by atoms with Gasteiger partial charge in [-0.1, -0.05) is 19.4 Å². The molecule has 13 heavy (non-hydrogen) atoms. The van der Waals surface area contributed by atoms with E-state index in [2.05, 4.69) is 6.58 Å². The van der Waals surface area contributed by atoms with Gasteiger partial charge in [0.15, 0.2) is 0 Å². The van der Waals surface area contributed by atoms with Crippen LogP contribution in [0.2, 0.25) is 0 Å². The lowest BCUT2D eigenvalue weighted by Gasteiger charge is -2.22. The highest BCUT2D eigenvalue weighted by atomic mass is 16.5. The Balaban J connectivity index is 2.08. The Kier molecular flexibility index (Phi) is 1.94. The zero-order valence-electron chi connectivity index (χ0n) is 8.14. The number of carbonyl (C=O) groups is 1. The Hall–Kier alpha value is -0.790. The Morgan fingerprint density at radius 3 is 2.92 bits per heavy atom. The maximum Gasteiger partial charge on any atom is 0.333 e. The van der Waals surface area contributed by atoms with E-state index in [4.69, 9.17) is 4.74 Å². The number of methoxy groups -OCH3 is 1. The SMILES string of the molecule is C=C(C(=O)OC)C12CCCCC1C2. The lowest BCUT2D eigenvalue weighted by atomic mass is 9.83. The second kappa shape index (κ2) is 2.86. The Bertz CT molecular complexity index is 257. The van der Waals surface area contributed by atoms with E-state index in [0.717, 1.165) is 17.9 Å². The third kappa shape index (κ3) is 1.19. The first-order valence-corrected chi connectivity index (χ1v) is 4.98. The summed E-state index contributed by atoms with van der Waals surface area (Å²) in [5.41, 5.74) is 0.880. The van der Waals surface area contributed by atoms with Crippen LogP contribution in [-0.4, -0.2) is 13.1 Å². The van der Waals surface area contributed by atoms with E-state index < -0.39 is 0 Å². The van der Waals surface area contributed by atoms with Crippen LogP contribution in [0.1, 0.15) is 32.1 Å². The zero-order chi connectivity index (χ0) is 9.47. The fourth-order valence-electron chi connectivity index (χ4n) is 2.74. The van der Waals surface area contributed by atoms with Gasteiger partial charge in [-0.2, -0.15) is 0 Å². The van der Waals surface area contributed by atoms with Crippen molar-refractivity contribution in [2.24, 2.45) is 11.3 Å². The fraction of sp³-hybridized carbons (Fsp3) is 0.727. The molecule has 0 aromatic heterocycles. The second-order valence-corrected chi connectivity index (χ2v) is 4.27. The molecular weight excluding hydrogens is 164 g/mol. The number of carbonyl (C=O) groups excluding carboxylic acids is 1. The molecule has 0 radical (unpaired) electrons. The van der Waals surface area contributed by atoms with E-state index in [1.807, 2.05) is 0 Å². The van der Waals surface area contributed by atoms with Crippen LogP contribution >= 0.6 is 0 Å². The van der Waals surface area contributed by atoms with Crippen LogP contribution in [0.3, 0.4) is 0 Å². The third-order valence-electron chi connectivity index (χ3n) is 3.69. The van der Waals surface area contributed by atoms with Crippen LogP contribution in [0.15, 0.2) is 12.2 Å². The molecule has 0 amide bonds. The number of hydrogen-bond donors (Lipinski definition) is 0. The molecule has 2 rings (SSSR count). The van der Waals surface area contributed by atoms with Crippen LogP contribution < -0.4 is 0 Å². The van der Waals surface area contributed by atoms with Gasteiger partial charge in [0.2, 0.25) is 0 Å². The molecule has 2 atom stereocenters. The summed E-state index contributed by atoms with van der Waals surface area (Å²) in [6.07, 6.45) is 6.15. The summed E-state index contributed by atoms with van der Waals surface area (Å²) in [6.45, 7) is 3.89. The highest BCUT2D eigenvalue weighted by molar-refractivity contribution is 5.90. The molecule has 2 fully saturated rings. The zero-order valence-corrected chi connectivity index (χ0v) is 8.14. The fourth-order valence-corrected chi connectivity index (χ4v) is 2.74. The van der Waals surface area contributed by atoms with Crippen molar-refractivity contribution in [3.8, 4) is 0 Å². The minimum atomic E-state index is -0.204. The maximum absolute atomic E-state index is 11.3. The topological polar surface area (TPSA) is 26.3 Å². The summed E-state index contributed by atoms with van der Waals surface area (Å²) >= 11 is 0. The standard InChI is InChI=1S/C11H16O2/c1-8(10(12)13-2)11-6-4-3-5-9(11)7-11/h9H,1,3-7H2,2H3. The molecule has 2 heteroatoms. The average molecular weight is 180 g/mol. The smallest absolute Gasteiger partial charge is 0.333 e. The predicted molar refractivity (Wildman–Crippen MR) is 50.2 cm³/mol. The van der Waals surface area contributed by atoms with Gasteiger partial charge >= 0.3 is 5.97 Å². The van der Waals surface area contributed by atoms with Crippen LogP contribution in [0.25, 0.3) is 0 Å². The summed E-state index contributed by atoms with van der Waals surface area (Å²) in [5.74, 6) is 0.525. The van der Waals surface area contributed by atoms with Gasteiger partial charge in [0.1, 0.15) is 0 Å². The molecule has 72 valence electrons. The first-order chi connectivity index (χ1) is 6.20. The summed E-state index contributed by atoms with van der Waals surface area (Å²) in [4.78, 5) is 11.3. The van der Waals surface area contributed by atoms with Gasteiger partial charge in [0.25, 0.3) is 0 Å². The molecule has 0 bridgehead atoms. The van der Waals surface area contributed by atoms with Gasteiger partial charge in [0, 0.05) is 11.0 Å².